The van der Waals surface area contributed by atoms with Crippen LogP contribution in [0.15, 0.2) is 18.2 Å². The summed E-state index contributed by atoms with van der Waals surface area (Å²) >= 11 is 6.06. The first-order valence-corrected chi connectivity index (χ1v) is 7.88. The minimum Gasteiger partial charge on any atom is -0.490 e. The first-order chi connectivity index (χ1) is 10.0. The molecule has 114 valence electrons. The van der Waals surface area contributed by atoms with Gasteiger partial charge in [0.1, 0.15) is 5.75 Å². The molecule has 0 saturated carbocycles. The molecule has 0 unspecified atom stereocenters. The molecule has 0 aliphatic carbocycles. The lowest BCUT2D eigenvalue weighted by Gasteiger charge is -2.20. The van der Waals surface area contributed by atoms with Crippen molar-refractivity contribution in [2.45, 2.75) is 20.0 Å². The summed E-state index contributed by atoms with van der Waals surface area (Å²) in [6.07, 6.45) is 0.0277. The third kappa shape index (κ3) is 3.01. The quantitative estimate of drug-likeness (QED) is 0.932. The van der Waals surface area contributed by atoms with Crippen LogP contribution in [0.3, 0.4) is 0 Å². The molecule has 1 aromatic carbocycles. The van der Waals surface area contributed by atoms with Crippen molar-refractivity contribution in [1.82, 2.24) is 10.2 Å². The van der Waals surface area contributed by atoms with Crippen LogP contribution in [0.2, 0.25) is 5.02 Å². The molecule has 2 heterocycles. The Labute approximate surface area is 130 Å². The lowest BCUT2D eigenvalue weighted by Crippen LogP contribution is -2.32. The largest absolute Gasteiger partial charge is 0.490 e. The zero-order valence-electron chi connectivity index (χ0n) is 12.4. The van der Waals surface area contributed by atoms with Crippen molar-refractivity contribution < 1.29 is 9.53 Å². The molecule has 1 amide bonds. The Balaban J connectivity index is 1.82. The minimum atomic E-state index is 0.0277. The summed E-state index contributed by atoms with van der Waals surface area (Å²) in [4.78, 5) is 14.7. The van der Waals surface area contributed by atoms with Gasteiger partial charge in [-0.1, -0.05) is 11.6 Å². The summed E-state index contributed by atoms with van der Waals surface area (Å²) in [7, 11) is 0. The third-order valence-electron chi connectivity index (χ3n) is 4.21. The summed E-state index contributed by atoms with van der Waals surface area (Å²) in [6, 6.07) is 5.26. The molecule has 5 heteroatoms. The zero-order chi connectivity index (χ0) is 15.0. The first kappa shape index (κ1) is 14.7. The van der Waals surface area contributed by atoms with E-state index >= 15 is 0 Å². The van der Waals surface area contributed by atoms with Crippen molar-refractivity contribution in [3.05, 3.63) is 28.8 Å². The molecule has 2 saturated heterocycles. The second-order valence-electron chi connectivity index (χ2n) is 6.20. The van der Waals surface area contributed by atoms with E-state index in [-0.39, 0.29) is 12.0 Å². The summed E-state index contributed by atoms with van der Waals surface area (Å²) in [5.74, 6) is 1.82. The van der Waals surface area contributed by atoms with E-state index in [4.69, 9.17) is 16.3 Å². The van der Waals surface area contributed by atoms with Crippen molar-refractivity contribution in [3.8, 4) is 5.75 Å². The van der Waals surface area contributed by atoms with Crippen molar-refractivity contribution in [1.29, 1.82) is 0 Å². The van der Waals surface area contributed by atoms with E-state index in [1.807, 2.05) is 18.7 Å². The number of rotatable bonds is 3. The molecule has 2 fully saturated rings. The highest BCUT2D eigenvalue weighted by molar-refractivity contribution is 6.31. The zero-order valence-corrected chi connectivity index (χ0v) is 13.2. The second-order valence-corrected chi connectivity index (χ2v) is 6.63. The van der Waals surface area contributed by atoms with Crippen molar-refractivity contribution in [2.75, 3.05) is 26.2 Å². The molecule has 3 rings (SSSR count). The van der Waals surface area contributed by atoms with Crippen LogP contribution in [0.1, 0.15) is 24.2 Å². The predicted molar refractivity (Wildman–Crippen MR) is 83.0 cm³/mol. The average molecular weight is 309 g/mol. The molecule has 0 aromatic heterocycles. The molecule has 2 aliphatic heterocycles. The second kappa shape index (κ2) is 5.85. The van der Waals surface area contributed by atoms with Crippen LogP contribution in [0.4, 0.5) is 0 Å². The van der Waals surface area contributed by atoms with E-state index in [1.54, 1.807) is 18.2 Å². The number of ether oxygens (including phenoxy) is 1. The molecule has 2 aliphatic rings. The number of carbonyl (C=O) groups excluding carboxylic acids is 1. The highest BCUT2D eigenvalue weighted by atomic mass is 35.5. The van der Waals surface area contributed by atoms with Gasteiger partial charge in [-0.2, -0.15) is 0 Å². The fraction of sp³-hybridized carbons (Fsp3) is 0.562. The molecule has 1 aromatic rings. The Morgan fingerprint density at radius 2 is 2.00 bits per heavy atom. The number of hydrogen-bond acceptors (Lipinski definition) is 3. The van der Waals surface area contributed by atoms with Gasteiger partial charge < -0.3 is 15.0 Å². The van der Waals surface area contributed by atoms with Crippen molar-refractivity contribution >= 4 is 17.5 Å². The summed E-state index contributed by atoms with van der Waals surface area (Å²) < 4.78 is 5.76. The molecule has 0 bridgehead atoms. The fourth-order valence-electron chi connectivity index (χ4n) is 3.22. The Kier molecular flexibility index (Phi) is 4.09. The van der Waals surface area contributed by atoms with Crippen molar-refractivity contribution in [3.63, 3.8) is 0 Å². The lowest BCUT2D eigenvalue weighted by molar-refractivity contribution is 0.0775. The minimum absolute atomic E-state index is 0.0277. The number of hydrogen-bond donors (Lipinski definition) is 1. The van der Waals surface area contributed by atoms with Crippen LogP contribution in [0.25, 0.3) is 0 Å². The summed E-state index contributed by atoms with van der Waals surface area (Å²) in [5.41, 5.74) is 0.573. The number of amides is 1. The maximum atomic E-state index is 12.8. The highest BCUT2D eigenvalue weighted by Crippen LogP contribution is 2.31. The van der Waals surface area contributed by atoms with E-state index in [0.29, 0.717) is 28.2 Å². The average Bonchev–Trinajstić information content (AvgIpc) is 3.00. The van der Waals surface area contributed by atoms with Gasteiger partial charge in [-0.3, -0.25) is 4.79 Å². The lowest BCUT2D eigenvalue weighted by atomic mass is 10.0. The maximum absolute atomic E-state index is 12.8. The molecule has 0 spiro atoms. The van der Waals surface area contributed by atoms with Crippen LogP contribution in [-0.2, 0) is 0 Å². The predicted octanol–water partition coefficient (Wildman–Crippen LogP) is 2.42. The monoisotopic (exact) mass is 308 g/mol. The molecule has 4 nitrogen and oxygen atoms in total. The van der Waals surface area contributed by atoms with Gasteiger partial charge in [0.05, 0.1) is 11.7 Å². The van der Waals surface area contributed by atoms with Gasteiger partial charge in [0.2, 0.25) is 0 Å². The van der Waals surface area contributed by atoms with Crippen LogP contribution in [0, 0.1) is 11.8 Å². The SMILES string of the molecule is CC(C)Oc1ccc(Cl)cc1C(=O)N1C[C@H]2CNC[C@H]2C1. The van der Waals surface area contributed by atoms with Gasteiger partial charge in [0.15, 0.2) is 0 Å². The van der Waals surface area contributed by atoms with E-state index in [1.165, 1.54) is 0 Å². The summed E-state index contributed by atoms with van der Waals surface area (Å²) in [6.45, 7) is 7.58. The van der Waals surface area contributed by atoms with Gasteiger partial charge in [0.25, 0.3) is 5.91 Å². The highest BCUT2D eigenvalue weighted by Gasteiger charge is 2.38. The number of nitrogens with zero attached hydrogens (tertiary/aromatic N) is 1. The number of carbonyl (C=O) groups is 1. The first-order valence-electron chi connectivity index (χ1n) is 7.51. The number of benzene rings is 1. The number of nitrogens with one attached hydrogen (secondary N) is 1. The van der Waals surface area contributed by atoms with Crippen molar-refractivity contribution in [2.24, 2.45) is 11.8 Å². The van der Waals surface area contributed by atoms with E-state index in [0.717, 1.165) is 26.2 Å². The number of fused-ring (bicyclic) bond motifs is 1. The third-order valence-corrected chi connectivity index (χ3v) is 4.45. The van der Waals surface area contributed by atoms with Gasteiger partial charge in [0, 0.05) is 31.2 Å². The van der Waals surface area contributed by atoms with Gasteiger partial charge in [-0.05, 0) is 43.9 Å². The summed E-state index contributed by atoms with van der Waals surface area (Å²) in [5, 5.41) is 3.95. The van der Waals surface area contributed by atoms with Crippen LogP contribution in [0.5, 0.6) is 5.75 Å². The van der Waals surface area contributed by atoms with Crippen LogP contribution >= 0.6 is 11.6 Å². The molecular formula is C16H21ClN2O2. The maximum Gasteiger partial charge on any atom is 0.257 e. The molecule has 0 radical (unpaired) electrons. The van der Waals surface area contributed by atoms with Gasteiger partial charge >= 0.3 is 0 Å². The Morgan fingerprint density at radius 1 is 1.33 bits per heavy atom. The standard InChI is InChI=1S/C16H21ClN2O2/c1-10(2)21-15-4-3-13(17)5-14(15)16(20)19-8-11-6-18-7-12(11)9-19/h3-5,10-12,18H,6-9H2,1-2H3/t11-,12+. The van der Waals surface area contributed by atoms with E-state index in [2.05, 4.69) is 5.32 Å². The number of halogens is 1. The Bertz CT molecular complexity index is 535. The normalized spacial score (nSPS) is 24.5. The molecule has 1 N–H and O–H groups in total. The van der Waals surface area contributed by atoms with E-state index < -0.39 is 0 Å². The molecular weight excluding hydrogens is 288 g/mol. The fourth-order valence-corrected chi connectivity index (χ4v) is 3.39. The van der Waals surface area contributed by atoms with Crippen LogP contribution < -0.4 is 10.1 Å². The van der Waals surface area contributed by atoms with Crippen LogP contribution in [-0.4, -0.2) is 43.1 Å². The topological polar surface area (TPSA) is 41.6 Å². The number of likely N-dealkylation sites (tertiary alicyclic amines) is 1. The molecule has 2 atom stereocenters. The van der Waals surface area contributed by atoms with E-state index in [9.17, 15) is 4.79 Å². The molecule has 21 heavy (non-hydrogen) atoms. The van der Waals surface area contributed by atoms with Gasteiger partial charge in [-0.15, -0.1) is 0 Å². The van der Waals surface area contributed by atoms with Gasteiger partial charge in [-0.25, -0.2) is 0 Å². The Morgan fingerprint density at radius 3 is 2.62 bits per heavy atom. The smallest absolute Gasteiger partial charge is 0.257 e. The Hall–Kier alpha value is -1.26.